The van der Waals surface area contributed by atoms with E-state index in [-0.39, 0.29) is 29.0 Å². The number of alkyl halides is 3. The molecule has 2 heterocycles. The van der Waals surface area contributed by atoms with Gasteiger partial charge in [-0.1, -0.05) is 0 Å². The molecule has 0 amide bonds. The highest BCUT2D eigenvalue weighted by Gasteiger charge is 2.27. The maximum Gasteiger partial charge on any atom is 0.389 e. The van der Waals surface area contributed by atoms with Gasteiger partial charge in [-0.3, -0.25) is 14.9 Å². The van der Waals surface area contributed by atoms with Gasteiger partial charge in [0.1, 0.15) is 11.6 Å². The summed E-state index contributed by atoms with van der Waals surface area (Å²) in [5.41, 5.74) is -1.05. The van der Waals surface area contributed by atoms with Gasteiger partial charge < -0.3 is 9.55 Å². The fourth-order valence-corrected chi connectivity index (χ4v) is 2.69. The largest absolute Gasteiger partial charge is 0.389 e. The van der Waals surface area contributed by atoms with Crippen LogP contribution in [0.2, 0.25) is 0 Å². The van der Waals surface area contributed by atoms with Crippen LogP contribution in [0.15, 0.2) is 35.3 Å². The molecule has 3 rings (SSSR count). The van der Waals surface area contributed by atoms with E-state index in [1.165, 1.54) is 12.3 Å². The average Bonchev–Trinajstić information content (AvgIpc) is 2.95. The Labute approximate surface area is 148 Å². The number of benzene rings is 1. The molecule has 0 saturated carbocycles. The van der Waals surface area contributed by atoms with E-state index in [1.54, 1.807) is 0 Å². The Morgan fingerprint density at radius 2 is 2.04 bits per heavy atom. The third-order valence-electron chi connectivity index (χ3n) is 3.87. The van der Waals surface area contributed by atoms with Crippen molar-refractivity contribution in [1.29, 1.82) is 0 Å². The van der Waals surface area contributed by atoms with Crippen molar-refractivity contribution in [2.75, 3.05) is 0 Å². The molecule has 0 aliphatic heterocycles. The first-order chi connectivity index (χ1) is 12.6. The number of pyridine rings is 1. The molecular weight excluding hydrogens is 372 g/mol. The van der Waals surface area contributed by atoms with Crippen molar-refractivity contribution in [2.45, 2.75) is 25.6 Å². The van der Waals surface area contributed by atoms with E-state index in [0.29, 0.717) is 0 Å². The average molecular weight is 384 g/mol. The van der Waals surface area contributed by atoms with Gasteiger partial charge in [0.15, 0.2) is 0 Å². The second kappa shape index (κ2) is 6.82. The van der Waals surface area contributed by atoms with E-state index in [9.17, 15) is 32.5 Å². The first kappa shape index (κ1) is 18.5. The van der Waals surface area contributed by atoms with Crippen molar-refractivity contribution in [3.05, 3.63) is 68.1 Å². The summed E-state index contributed by atoms with van der Waals surface area (Å²) in [5.74, 6) is -0.561. The van der Waals surface area contributed by atoms with Gasteiger partial charge in [-0.25, -0.2) is 9.37 Å². The number of halogens is 4. The molecule has 2 aromatic heterocycles. The maximum absolute atomic E-state index is 13.7. The van der Waals surface area contributed by atoms with Gasteiger partial charge in [0.05, 0.1) is 22.5 Å². The summed E-state index contributed by atoms with van der Waals surface area (Å²) < 4.78 is 52.1. The van der Waals surface area contributed by atoms with Crippen LogP contribution in [0.3, 0.4) is 0 Å². The zero-order valence-corrected chi connectivity index (χ0v) is 13.6. The molecule has 0 atom stereocenters. The van der Waals surface area contributed by atoms with Crippen molar-refractivity contribution in [1.82, 2.24) is 14.5 Å². The number of nitrogens with zero attached hydrogens (tertiary/aromatic N) is 3. The Hall–Kier alpha value is -3.24. The molecule has 7 nitrogen and oxygen atoms in total. The van der Waals surface area contributed by atoms with Crippen LogP contribution in [0.4, 0.5) is 23.2 Å². The molecule has 0 bridgehead atoms. The van der Waals surface area contributed by atoms with E-state index < -0.39 is 41.0 Å². The molecule has 0 aliphatic rings. The lowest BCUT2D eigenvalue weighted by atomic mass is 10.1. The summed E-state index contributed by atoms with van der Waals surface area (Å²) in [6.07, 6.45) is -4.65. The lowest BCUT2D eigenvalue weighted by molar-refractivity contribution is -0.386. The van der Waals surface area contributed by atoms with Crippen LogP contribution in [0.25, 0.3) is 11.0 Å². The molecule has 3 aromatic rings. The highest BCUT2D eigenvalue weighted by Crippen LogP contribution is 2.26. The number of rotatable bonds is 5. The lowest BCUT2D eigenvalue weighted by Crippen LogP contribution is -2.22. The van der Waals surface area contributed by atoms with Crippen molar-refractivity contribution >= 4 is 16.7 Å². The van der Waals surface area contributed by atoms with Crippen molar-refractivity contribution in [2.24, 2.45) is 0 Å². The molecule has 142 valence electrons. The summed E-state index contributed by atoms with van der Waals surface area (Å²) in [4.78, 5) is 29.0. The second-order valence-corrected chi connectivity index (χ2v) is 5.84. The number of aromatic amines is 1. The van der Waals surface area contributed by atoms with E-state index in [4.69, 9.17) is 0 Å². The van der Waals surface area contributed by atoms with Crippen molar-refractivity contribution in [3.63, 3.8) is 0 Å². The van der Waals surface area contributed by atoms with Crippen molar-refractivity contribution in [3.8, 4) is 0 Å². The van der Waals surface area contributed by atoms with Gasteiger partial charge in [0.2, 0.25) is 0 Å². The first-order valence-corrected chi connectivity index (χ1v) is 7.71. The number of imidazole rings is 1. The van der Waals surface area contributed by atoms with Crippen LogP contribution >= 0.6 is 0 Å². The summed E-state index contributed by atoms with van der Waals surface area (Å²) in [6.45, 7) is -0.185. The third-order valence-corrected chi connectivity index (χ3v) is 3.87. The number of fused-ring (bicyclic) bond motifs is 1. The zero-order chi connectivity index (χ0) is 19.8. The number of hydrogen-bond acceptors (Lipinski definition) is 4. The Kier molecular flexibility index (Phi) is 4.68. The molecule has 1 aromatic carbocycles. The monoisotopic (exact) mass is 384 g/mol. The minimum Gasteiger partial charge on any atom is -0.340 e. The van der Waals surface area contributed by atoms with Gasteiger partial charge in [-0.15, -0.1) is 0 Å². The van der Waals surface area contributed by atoms with Gasteiger partial charge in [-0.05, 0) is 30.2 Å². The molecule has 11 heteroatoms. The molecule has 0 aliphatic carbocycles. The zero-order valence-electron chi connectivity index (χ0n) is 13.6. The van der Waals surface area contributed by atoms with E-state index in [2.05, 4.69) is 9.97 Å². The SMILES string of the molecule is O=c1c([N+](=O)[O-])cccn1Cc1nc2c(CCC(F)(F)F)cc(F)cc2[nH]1. The number of nitro groups is 1. The predicted octanol–water partition coefficient (Wildman–Crippen LogP) is 3.32. The Balaban J connectivity index is 1.97. The quantitative estimate of drug-likeness (QED) is 0.415. The molecule has 0 unspecified atom stereocenters. The molecule has 0 fully saturated rings. The Morgan fingerprint density at radius 3 is 2.70 bits per heavy atom. The fourth-order valence-electron chi connectivity index (χ4n) is 2.69. The maximum atomic E-state index is 13.7. The summed E-state index contributed by atoms with van der Waals surface area (Å²) in [7, 11) is 0. The predicted molar refractivity (Wildman–Crippen MR) is 86.9 cm³/mol. The summed E-state index contributed by atoms with van der Waals surface area (Å²) >= 11 is 0. The molecular formula is C16H12F4N4O3. The Morgan fingerprint density at radius 1 is 1.30 bits per heavy atom. The second-order valence-electron chi connectivity index (χ2n) is 5.84. The van der Waals surface area contributed by atoms with Crippen LogP contribution in [0.1, 0.15) is 17.8 Å². The summed E-state index contributed by atoms with van der Waals surface area (Å²) in [6, 6.07) is 4.44. The van der Waals surface area contributed by atoms with Crippen molar-refractivity contribution < 1.29 is 22.5 Å². The van der Waals surface area contributed by atoms with Gasteiger partial charge >= 0.3 is 17.4 Å². The van der Waals surface area contributed by atoms with Crippen LogP contribution in [0, 0.1) is 15.9 Å². The van der Waals surface area contributed by atoms with E-state index >= 15 is 0 Å². The standard InChI is InChI=1S/C16H12F4N4O3/c17-10-6-9(3-4-16(18,19)20)14-11(7-10)21-13(22-14)8-23-5-1-2-12(15(23)25)24(26)27/h1-2,5-7H,3-4,8H2,(H,21,22). The minimum atomic E-state index is -4.39. The lowest BCUT2D eigenvalue weighted by Gasteiger charge is -2.06. The van der Waals surface area contributed by atoms with E-state index in [0.717, 1.165) is 22.8 Å². The topological polar surface area (TPSA) is 93.8 Å². The van der Waals surface area contributed by atoms with Crippen LogP contribution in [0.5, 0.6) is 0 Å². The summed E-state index contributed by atoms with van der Waals surface area (Å²) in [5, 5.41) is 10.8. The van der Waals surface area contributed by atoms with E-state index in [1.807, 2.05) is 0 Å². The third kappa shape index (κ3) is 4.13. The molecule has 1 N–H and O–H groups in total. The van der Waals surface area contributed by atoms with Crippen LogP contribution < -0.4 is 5.56 Å². The molecule has 0 saturated heterocycles. The molecule has 0 spiro atoms. The normalized spacial score (nSPS) is 11.9. The van der Waals surface area contributed by atoms with Crippen LogP contribution in [-0.2, 0) is 13.0 Å². The number of aromatic nitrogens is 3. The molecule has 27 heavy (non-hydrogen) atoms. The van der Waals surface area contributed by atoms with Gasteiger partial charge in [0.25, 0.3) is 0 Å². The van der Waals surface area contributed by atoms with Gasteiger partial charge in [-0.2, -0.15) is 13.2 Å². The van der Waals surface area contributed by atoms with Crippen LogP contribution in [-0.4, -0.2) is 25.6 Å². The smallest absolute Gasteiger partial charge is 0.340 e. The molecule has 0 radical (unpaired) electrons. The first-order valence-electron chi connectivity index (χ1n) is 7.71. The number of H-pyrrole nitrogens is 1. The number of nitrogens with one attached hydrogen (secondary N) is 1. The highest BCUT2D eigenvalue weighted by molar-refractivity contribution is 5.79. The highest BCUT2D eigenvalue weighted by atomic mass is 19.4. The fraction of sp³-hybridized carbons (Fsp3) is 0.250. The Bertz CT molecular complexity index is 1070. The van der Waals surface area contributed by atoms with Gasteiger partial charge in [0, 0.05) is 18.7 Å². The minimum absolute atomic E-state index is 0.0798. The number of hydrogen-bond donors (Lipinski definition) is 1. The number of aryl methyl sites for hydroxylation is 1.